The molecule has 1 heterocycles. The molecular weight excluding hydrogens is 268 g/mol. The van der Waals surface area contributed by atoms with E-state index in [1.54, 1.807) is 0 Å². The molecule has 0 aliphatic carbocycles. The lowest BCUT2D eigenvalue weighted by atomic mass is 10.00. The Bertz CT molecular complexity index is 523. The summed E-state index contributed by atoms with van der Waals surface area (Å²) in [6, 6.07) is 0. The van der Waals surface area contributed by atoms with E-state index < -0.39 is 0 Å². The van der Waals surface area contributed by atoms with Gasteiger partial charge in [0.15, 0.2) is 0 Å². The van der Waals surface area contributed by atoms with E-state index in [4.69, 9.17) is 45.6 Å². The fraction of sp³-hybridized carbons (Fsp3) is 0.200. The van der Waals surface area contributed by atoms with Crippen LogP contribution in [0.4, 0.5) is 0 Å². The summed E-state index contributed by atoms with van der Waals surface area (Å²) in [6.45, 7) is 1.92. The highest BCUT2D eigenvalue weighted by Crippen LogP contribution is 2.40. The van der Waals surface area contributed by atoms with Gasteiger partial charge in [0.1, 0.15) is 11.7 Å². The van der Waals surface area contributed by atoms with Crippen LogP contribution in [0.1, 0.15) is 23.6 Å². The molecule has 0 saturated heterocycles. The van der Waals surface area contributed by atoms with Gasteiger partial charge < -0.3 is 5.32 Å². The fourth-order valence-corrected chi connectivity index (χ4v) is 2.66. The van der Waals surface area contributed by atoms with Gasteiger partial charge in [0.25, 0.3) is 0 Å². The average Bonchev–Trinajstić information content (AvgIpc) is 2.52. The molecule has 1 aliphatic heterocycles. The maximum Gasteiger partial charge on any atom is 0.133 e. The van der Waals surface area contributed by atoms with Crippen LogP contribution in [0.15, 0.2) is 0 Å². The van der Waals surface area contributed by atoms with Gasteiger partial charge in [-0.1, -0.05) is 41.7 Å². The highest BCUT2D eigenvalue weighted by atomic mass is 35.5. The third-order valence-electron chi connectivity index (χ3n) is 2.53. The summed E-state index contributed by atoms with van der Waals surface area (Å²) < 4.78 is 0. The van der Waals surface area contributed by atoms with E-state index in [0.717, 1.165) is 5.56 Å². The molecule has 1 aliphatic rings. The normalized spacial score (nSPS) is 14.0. The van der Waals surface area contributed by atoms with E-state index >= 15 is 0 Å². The van der Waals surface area contributed by atoms with Gasteiger partial charge in [0.05, 0.1) is 15.1 Å². The number of nitrogens with one attached hydrogen (secondary N) is 3. The SMILES string of the molecule is CCc1c(Cl)c(Cl)c(Cl)c2c1C(=N)NC2=N. The van der Waals surface area contributed by atoms with Crippen molar-refractivity contribution in [3.05, 3.63) is 31.8 Å². The molecule has 0 amide bonds. The first-order valence-corrected chi connectivity index (χ1v) is 5.76. The highest BCUT2D eigenvalue weighted by molar-refractivity contribution is 6.51. The summed E-state index contributed by atoms with van der Waals surface area (Å²) in [5.41, 5.74) is 1.82. The van der Waals surface area contributed by atoms with Gasteiger partial charge in [-0.2, -0.15) is 0 Å². The first kappa shape index (κ1) is 11.7. The summed E-state index contributed by atoms with van der Waals surface area (Å²) in [4.78, 5) is 0. The van der Waals surface area contributed by atoms with Crippen molar-refractivity contribution in [2.75, 3.05) is 0 Å². The Labute approximate surface area is 108 Å². The van der Waals surface area contributed by atoms with Crippen LogP contribution in [-0.2, 0) is 6.42 Å². The smallest absolute Gasteiger partial charge is 0.133 e. The monoisotopic (exact) mass is 275 g/mol. The molecule has 16 heavy (non-hydrogen) atoms. The number of fused-ring (bicyclic) bond motifs is 1. The summed E-state index contributed by atoms with van der Waals surface area (Å²) >= 11 is 18.1. The summed E-state index contributed by atoms with van der Waals surface area (Å²) in [5.74, 6) is 0.246. The standard InChI is InChI=1S/C10H8Cl3N3/c1-2-3-4-5(10(15)16-9(4)14)7(12)8(13)6(3)11/h2H2,1H3,(H3,14,15,16). The van der Waals surface area contributed by atoms with E-state index in [1.165, 1.54) is 0 Å². The lowest BCUT2D eigenvalue weighted by Crippen LogP contribution is -2.20. The molecule has 0 atom stereocenters. The van der Waals surface area contributed by atoms with Crippen LogP contribution < -0.4 is 5.32 Å². The molecule has 0 bridgehead atoms. The topological polar surface area (TPSA) is 59.7 Å². The van der Waals surface area contributed by atoms with E-state index in [1.807, 2.05) is 6.92 Å². The average molecular weight is 277 g/mol. The van der Waals surface area contributed by atoms with Crippen LogP contribution in [0.2, 0.25) is 15.1 Å². The lowest BCUT2D eigenvalue weighted by Gasteiger charge is -2.11. The molecule has 1 aromatic rings. The van der Waals surface area contributed by atoms with E-state index in [2.05, 4.69) is 5.32 Å². The molecule has 0 saturated carbocycles. The molecule has 0 radical (unpaired) electrons. The predicted molar refractivity (Wildman–Crippen MR) is 67.6 cm³/mol. The molecule has 0 spiro atoms. The largest absolute Gasteiger partial charge is 0.325 e. The zero-order valence-electron chi connectivity index (χ0n) is 8.34. The van der Waals surface area contributed by atoms with Crippen molar-refractivity contribution in [3.63, 3.8) is 0 Å². The third kappa shape index (κ3) is 1.43. The van der Waals surface area contributed by atoms with Crippen molar-refractivity contribution in [2.45, 2.75) is 13.3 Å². The second-order valence-corrected chi connectivity index (χ2v) is 4.53. The number of amidine groups is 2. The van der Waals surface area contributed by atoms with Gasteiger partial charge in [-0.3, -0.25) is 10.8 Å². The molecule has 0 unspecified atom stereocenters. The molecule has 84 valence electrons. The Kier molecular flexibility index (Phi) is 2.86. The number of hydrogen-bond acceptors (Lipinski definition) is 2. The van der Waals surface area contributed by atoms with Crippen LogP contribution in [-0.4, -0.2) is 11.7 Å². The Morgan fingerprint density at radius 3 is 2.06 bits per heavy atom. The Morgan fingerprint density at radius 1 is 0.938 bits per heavy atom. The minimum absolute atomic E-state index is 0.0956. The highest BCUT2D eigenvalue weighted by Gasteiger charge is 2.30. The molecule has 3 nitrogen and oxygen atoms in total. The van der Waals surface area contributed by atoms with Crippen molar-refractivity contribution in [2.24, 2.45) is 0 Å². The quantitative estimate of drug-likeness (QED) is 0.676. The zero-order valence-corrected chi connectivity index (χ0v) is 10.6. The van der Waals surface area contributed by atoms with Gasteiger partial charge in [-0.25, -0.2) is 0 Å². The number of hydrogen-bond donors (Lipinski definition) is 3. The maximum absolute atomic E-state index is 7.76. The van der Waals surface area contributed by atoms with Crippen molar-refractivity contribution >= 4 is 46.5 Å². The fourth-order valence-electron chi connectivity index (χ4n) is 1.80. The van der Waals surface area contributed by atoms with Gasteiger partial charge in [0, 0.05) is 11.1 Å². The Balaban J connectivity index is 2.91. The summed E-state index contributed by atoms with van der Waals surface area (Å²) in [5, 5.41) is 18.9. The van der Waals surface area contributed by atoms with Gasteiger partial charge in [0.2, 0.25) is 0 Å². The van der Waals surface area contributed by atoms with Crippen LogP contribution in [0.25, 0.3) is 0 Å². The molecule has 3 N–H and O–H groups in total. The molecule has 0 aromatic heterocycles. The van der Waals surface area contributed by atoms with Gasteiger partial charge >= 0.3 is 0 Å². The van der Waals surface area contributed by atoms with Crippen LogP contribution >= 0.6 is 34.8 Å². The first-order valence-electron chi connectivity index (χ1n) is 4.63. The summed E-state index contributed by atoms with van der Waals surface area (Å²) in [6.07, 6.45) is 0.634. The Hall–Kier alpha value is -0.770. The zero-order chi connectivity index (χ0) is 12.0. The van der Waals surface area contributed by atoms with Crippen LogP contribution in [0.5, 0.6) is 0 Å². The lowest BCUT2D eigenvalue weighted by molar-refractivity contribution is 1.13. The minimum Gasteiger partial charge on any atom is -0.325 e. The van der Waals surface area contributed by atoms with Crippen molar-refractivity contribution in [1.29, 1.82) is 10.8 Å². The number of rotatable bonds is 1. The summed E-state index contributed by atoms with van der Waals surface area (Å²) in [7, 11) is 0. The van der Waals surface area contributed by atoms with Crippen molar-refractivity contribution in [1.82, 2.24) is 5.32 Å². The van der Waals surface area contributed by atoms with Gasteiger partial charge in [-0.15, -0.1) is 0 Å². The maximum atomic E-state index is 7.76. The van der Waals surface area contributed by atoms with Crippen LogP contribution in [0, 0.1) is 10.8 Å². The third-order valence-corrected chi connectivity index (χ3v) is 3.89. The van der Waals surface area contributed by atoms with Gasteiger partial charge in [-0.05, 0) is 12.0 Å². The Morgan fingerprint density at radius 2 is 1.50 bits per heavy atom. The van der Waals surface area contributed by atoms with Crippen molar-refractivity contribution < 1.29 is 0 Å². The number of benzene rings is 1. The van der Waals surface area contributed by atoms with E-state index in [0.29, 0.717) is 22.6 Å². The van der Waals surface area contributed by atoms with Crippen molar-refractivity contribution in [3.8, 4) is 0 Å². The van der Waals surface area contributed by atoms with E-state index in [-0.39, 0.29) is 21.7 Å². The second-order valence-electron chi connectivity index (χ2n) is 3.40. The first-order chi connectivity index (χ1) is 7.49. The molecule has 2 rings (SSSR count). The number of halogens is 3. The second kappa shape index (κ2) is 3.91. The minimum atomic E-state index is 0.0956. The van der Waals surface area contributed by atoms with Crippen LogP contribution in [0.3, 0.4) is 0 Å². The van der Waals surface area contributed by atoms with E-state index in [9.17, 15) is 0 Å². The molecular formula is C10H8Cl3N3. The molecule has 0 fully saturated rings. The molecule has 6 heteroatoms. The predicted octanol–water partition coefficient (Wildman–Crippen LogP) is 3.46. The molecule has 1 aromatic carbocycles.